The first-order chi connectivity index (χ1) is 12.1. The van der Waals surface area contributed by atoms with E-state index in [2.05, 4.69) is 40.4 Å². The summed E-state index contributed by atoms with van der Waals surface area (Å²) in [6.45, 7) is 9.91. The predicted molar refractivity (Wildman–Crippen MR) is 121 cm³/mol. The van der Waals surface area contributed by atoms with E-state index in [4.69, 9.17) is 4.74 Å². The molecule has 2 N–H and O–H groups in total. The lowest BCUT2D eigenvalue weighted by Gasteiger charge is -2.34. The summed E-state index contributed by atoms with van der Waals surface area (Å²) in [5.41, 5.74) is 1.13. The van der Waals surface area contributed by atoms with Crippen molar-refractivity contribution in [3.8, 4) is 5.75 Å². The molecule has 1 unspecified atom stereocenters. The number of nitrogens with one attached hydrogen (secondary N) is 2. The fourth-order valence-electron chi connectivity index (χ4n) is 3.49. The summed E-state index contributed by atoms with van der Waals surface area (Å²) in [6.07, 6.45) is 2.59. The van der Waals surface area contributed by atoms with Gasteiger partial charge in [0, 0.05) is 38.8 Å². The molecule has 0 spiro atoms. The Morgan fingerprint density at radius 3 is 2.77 bits per heavy atom. The van der Waals surface area contributed by atoms with Crippen molar-refractivity contribution in [3.63, 3.8) is 0 Å². The zero-order chi connectivity index (χ0) is 18.1. The van der Waals surface area contributed by atoms with Gasteiger partial charge in [0.2, 0.25) is 0 Å². The third-order valence-corrected chi connectivity index (χ3v) is 4.65. The second-order valence-electron chi connectivity index (χ2n) is 7.28. The van der Waals surface area contributed by atoms with E-state index < -0.39 is 0 Å². The molecule has 0 aliphatic carbocycles. The third kappa shape index (κ3) is 7.70. The van der Waals surface area contributed by atoms with E-state index >= 15 is 0 Å². The summed E-state index contributed by atoms with van der Waals surface area (Å²) in [4.78, 5) is 6.95. The lowest BCUT2D eigenvalue weighted by Crippen LogP contribution is -2.45. The number of halogens is 1. The van der Waals surface area contributed by atoms with E-state index in [9.17, 15) is 0 Å². The van der Waals surface area contributed by atoms with Crippen LogP contribution in [0.1, 0.15) is 32.3 Å². The van der Waals surface area contributed by atoms with Gasteiger partial charge in [-0.25, -0.2) is 0 Å². The molecule has 1 atom stereocenters. The molecular formula is C20H35IN4O. The first-order valence-corrected chi connectivity index (χ1v) is 9.41. The smallest absolute Gasteiger partial charge is 0.191 e. The van der Waals surface area contributed by atoms with E-state index in [0.717, 1.165) is 29.7 Å². The minimum Gasteiger partial charge on any atom is -0.496 e. The van der Waals surface area contributed by atoms with Crippen LogP contribution in [0, 0.1) is 11.8 Å². The Morgan fingerprint density at radius 1 is 1.31 bits per heavy atom. The van der Waals surface area contributed by atoms with Crippen molar-refractivity contribution >= 4 is 29.9 Å². The van der Waals surface area contributed by atoms with Crippen LogP contribution in [-0.4, -0.2) is 51.2 Å². The number of methoxy groups -OCH3 is 1. The number of piperidine rings is 1. The maximum absolute atomic E-state index is 5.40. The van der Waals surface area contributed by atoms with E-state index in [0.29, 0.717) is 12.5 Å². The number of para-hydroxylation sites is 1. The molecule has 0 radical (unpaired) electrons. The highest BCUT2D eigenvalue weighted by Crippen LogP contribution is 2.18. The first-order valence-electron chi connectivity index (χ1n) is 9.41. The molecule has 1 aliphatic heterocycles. The van der Waals surface area contributed by atoms with Crippen LogP contribution in [0.5, 0.6) is 5.75 Å². The third-order valence-electron chi connectivity index (χ3n) is 4.65. The largest absolute Gasteiger partial charge is 0.496 e. The van der Waals surface area contributed by atoms with Gasteiger partial charge in [-0.15, -0.1) is 24.0 Å². The fourth-order valence-corrected chi connectivity index (χ4v) is 3.49. The molecule has 6 heteroatoms. The van der Waals surface area contributed by atoms with Crippen molar-refractivity contribution in [1.29, 1.82) is 0 Å². The van der Waals surface area contributed by atoms with Crippen LogP contribution in [0.25, 0.3) is 0 Å². The molecule has 1 fully saturated rings. The summed E-state index contributed by atoms with van der Waals surface area (Å²) < 4.78 is 5.40. The molecule has 1 saturated heterocycles. The van der Waals surface area contributed by atoms with Crippen molar-refractivity contribution in [2.24, 2.45) is 16.8 Å². The van der Waals surface area contributed by atoms with Crippen LogP contribution < -0.4 is 15.4 Å². The number of benzene rings is 1. The summed E-state index contributed by atoms with van der Waals surface area (Å²) in [6, 6.07) is 8.07. The number of hydrogen-bond donors (Lipinski definition) is 2. The van der Waals surface area contributed by atoms with Gasteiger partial charge in [-0.1, -0.05) is 32.0 Å². The number of guanidine groups is 1. The van der Waals surface area contributed by atoms with Gasteiger partial charge in [0.05, 0.1) is 7.11 Å². The molecule has 1 aliphatic rings. The number of likely N-dealkylation sites (tertiary alicyclic amines) is 1. The Hall–Kier alpha value is -1.02. The number of rotatable bonds is 7. The highest BCUT2D eigenvalue weighted by Gasteiger charge is 2.20. The van der Waals surface area contributed by atoms with Crippen molar-refractivity contribution < 1.29 is 4.74 Å². The highest BCUT2D eigenvalue weighted by molar-refractivity contribution is 14.0. The van der Waals surface area contributed by atoms with Crippen molar-refractivity contribution in [3.05, 3.63) is 29.8 Å². The SMILES string of the molecule is CN=C(NCc1ccccc1OC)NCC1CCCN(CC(C)C)C1.I. The van der Waals surface area contributed by atoms with Gasteiger partial charge >= 0.3 is 0 Å². The molecule has 2 rings (SSSR count). The Bertz CT molecular complexity index is 550. The molecule has 1 aromatic rings. The molecule has 0 amide bonds. The number of ether oxygens (including phenoxy) is 1. The molecular weight excluding hydrogens is 439 g/mol. The summed E-state index contributed by atoms with van der Waals surface area (Å²) in [5, 5.41) is 6.88. The monoisotopic (exact) mass is 474 g/mol. The normalized spacial score (nSPS) is 18.3. The van der Waals surface area contributed by atoms with Crippen molar-refractivity contribution in [2.45, 2.75) is 33.2 Å². The van der Waals surface area contributed by atoms with Gasteiger partial charge in [-0.3, -0.25) is 4.99 Å². The Balaban J connectivity index is 0.00000338. The molecule has 26 heavy (non-hydrogen) atoms. The molecule has 5 nitrogen and oxygen atoms in total. The number of nitrogens with zero attached hydrogens (tertiary/aromatic N) is 2. The predicted octanol–water partition coefficient (Wildman–Crippen LogP) is 3.35. The van der Waals surface area contributed by atoms with Gasteiger partial charge in [0.25, 0.3) is 0 Å². The Labute approximate surface area is 176 Å². The maximum Gasteiger partial charge on any atom is 0.191 e. The van der Waals surface area contributed by atoms with Gasteiger partial charge < -0.3 is 20.3 Å². The topological polar surface area (TPSA) is 48.9 Å². The van der Waals surface area contributed by atoms with Gasteiger partial charge in [-0.05, 0) is 37.3 Å². The van der Waals surface area contributed by atoms with Crippen molar-refractivity contribution in [2.75, 3.05) is 40.3 Å². The number of hydrogen-bond acceptors (Lipinski definition) is 3. The lowest BCUT2D eigenvalue weighted by molar-refractivity contribution is 0.159. The van der Waals surface area contributed by atoms with Gasteiger partial charge in [-0.2, -0.15) is 0 Å². The van der Waals surface area contributed by atoms with Gasteiger partial charge in [0.15, 0.2) is 5.96 Å². The molecule has 0 bridgehead atoms. The first kappa shape index (κ1) is 23.0. The van der Waals surface area contributed by atoms with E-state index in [-0.39, 0.29) is 24.0 Å². The van der Waals surface area contributed by atoms with Crippen LogP contribution in [0.15, 0.2) is 29.3 Å². The van der Waals surface area contributed by atoms with Crippen LogP contribution in [-0.2, 0) is 6.54 Å². The minimum absolute atomic E-state index is 0. The maximum atomic E-state index is 5.40. The molecule has 1 aromatic carbocycles. The quantitative estimate of drug-likeness (QED) is 0.362. The zero-order valence-electron chi connectivity index (χ0n) is 16.6. The molecule has 1 heterocycles. The van der Waals surface area contributed by atoms with E-state index in [1.807, 2.05) is 25.2 Å². The lowest BCUT2D eigenvalue weighted by atomic mass is 9.97. The molecule has 148 valence electrons. The zero-order valence-corrected chi connectivity index (χ0v) is 19.0. The van der Waals surface area contributed by atoms with Crippen LogP contribution in [0.4, 0.5) is 0 Å². The van der Waals surface area contributed by atoms with Crippen LogP contribution in [0.2, 0.25) is 0 Å². The summed E-state index contributed by atoms with van der Waals surface area (Å²) in [5.74, 6) is 3.19. The fraction of sp³-hybridized carbons (Fsp3) is 0.650. The summed E-state index contributed by atoms with van der Waals surface area (Å²) in [7, 11) is 3.53. The van der Waals surface area contributed by atoms with E-state index in [1.54, 1.807) is 7.11 Å². The van der Waals surface area contributed by atoms with Crippen molar-refractivity contribution in [1.82, 2.24) is 15.5 Å². The number of aliphatic imine (C=N–C) groups is 1. The Kier molecular flexibility index (Phi) is 11.0. The van der Waals surface area contributed by atoms with E-state index in [1.165, 1.54) is 32.5 Å². The standard InChI is InChI=1S/C20H34N4O.HI/c1-16(2)14-24-11-7-8-17(15-24)12-22-20(21-3)23-13-18-9-5-6-10-19(18)25-4;/h5-6,9-10,16-17H,7-8,11-15H2,1-4H3,(H2,21,22,23);1H. The van der Waals surface area contributed by atoms with Gasteiger partial charge in [0.1, 0.15) is 5.75 Å². The molecule has 0 saturated carbocycles. The average molecular weight is 474 g/mol. The van der Waals surface area contributed by atoms with Crippen LogP contribution >= 0.6 is 24.0 Å². The molecule has 0 aromatic heterocycles. The second kappa shape index (κ2) is 12.4. The summed E-state index contributed by atoms with van der Waals surface area (Å²) >= 11 is 0. The average Bonchev–Trinajstić information content (AvgIpc) is 2.62. The van der Waals surface area contributed by atoms with Crippen LogP contribution in [0.3, 0.4) is 0 Å². The highest BCUT2D eigenvalue weighted by atomic mass is 127. The second-order valence-corrected chi connectivity index (χ2v) is 7.28. The minimum atomic E-state index is 0. The Morgan fingerprint density at radius 2 is 2.08 bits per heavy atom.